The number of benzene rings is 1. The van der Waals surface area contributed by atoms with Crippen molar-refractivity contribution in [1.82, 2.24) is 0 Å². The molecule has 4 heteroatoms. The molecule has 1 aromatic carbocycles. The number of carbonyl (C=O) groups is 1. The zero-order chi connectivity index (χ0) is 10.6. The highest BCUT2D eigenvalue weighted by molar-refractivity contribution is 5.91. The predicted octanol–water partition coefficient (Wildman–Crippen LogP) is 1.56. The smallest absolute Gasteiger partial charge is 0.337 e. The summed E-state index contributed by atoms with van der Waals surface area (Å²) in [7, 11) is 8.10. The van der Waals surface area contributed by atoms with Gasteiger partial charge < -0.3 is 14.8 Å². The molecule has 0 unspecified atom stereocenters. The summed E-state index contributed by atoms with van der Waals surface area (Å²) in [4.78, 5) is 11.1. The van der Waals surface area contributed by atoms with E-state index in [1.165, 1.54) is 14.2 Å². The second-order valence-corrected chi connectivity index (χ2v) is 2.55. The van der Waals surface area contributed by atoms with Crippen LogP contribution in [-0.2, 0) is 4.74 Å². The number of rotatable bonds is 3. The maximum absolute atomic E-state index is 11.1. The van der Waals surface area contributed by atoms with E-state index < -0.39 is 5.97 Å². The van der Waals surface area contributed by atoms with Gasteiger partial charge in [-0.15, -0.1) is 0 Å². The number of hydrogen-bond acceptors (Lipinski definition) is 4. The van der Waals surface area contributed by atoms with Crippen molar-refractivity contribution in [2.75, 3.05) is 19.5 Å². The highest BCUT2D eigenvalue weighted by atomic mass is 16.5. The Hall–Kier alpha value is -1.71. The molecule has 14 heavy (non-hydrogen) atoms. The molecule has 0 aliphatic heterocycles. The fraction of sp³-hybridized carbons (Fsp3) is 0.200. The van der Waals surface area contributed by atoms with Gasteiger partial charge >= 0.3 is 5.97 Å². The molecule has 1 aromatic rings. The van der Waals surface area contributed by atoms with Gasteiger partial charge in [-0.25, -0.2) is 4.79 Å². The van der Waals surface area contributed by atoms with Crippen LogP contribution in [0.1, 0.15) is 10.4 Å². The molecule has 0 spiro atoms. The highest BCUT2D eigenvalue weighted by Crippen LogP contribution is 2.25. The molecule has 1 N–H and O–H groups in total. The molecule has 2 radical (unpaired) electrons. The summed E-state index contributed by atoms with van der Waals surface area (Å²) < 4.78 is 9.57. The van der Waals surface area contributed by atoms with Crippen molar-refractivity contribution in [3.63, 3.8) is 0 Å². The molecule has 0 saturated heterocycles. The molecule has 0 aliphatic carbocycles. The molecule has 0 amide bonds. The normalized spacial score (nSPS) is 9.36. The Morgan fingerprint density at radius 2 is 2.14 bits per heavy atom. The van der Waals surface area contributed by atoms with Gasteiger partial charge in [0.05, 0.1) is 32.5 Å². The lowest BCUT2D eigenvalue weighted by Gasteiger charge is -2.08. The van der Waals surface area contributed by atoms with E-state index >= 15 is 0 Å². The predicted molar refractivity (Wildman–Crippen MR) is 52.3 cm³/mol. The van der Waals surface area contributed by atoms with Crippen molar-refractivity contribution in [2.45, 2.75) is 0 Å². The van der Waals surface area contributed by atoms with Crippen molar-refractivity contribution in [2.24, 2.45) is 0 Å². The van der Waals surface area contributed by atoms with Crippen LogP contribution in [0.15, 0.2) is 18.2 Å². The minimum Gasteiger partial charge on any atom is -0.495 e. The molecular weight excluding hydrogens is 182 g/mol. The van der Waals surface area contributed by atoms with Crippen LogP contribution in [0.2, 0.25) is 0 Å². The van der Waals surface area contributed by atoms with E-state index in [1.807, 2.05) is 0 Å². The van der Waals surface area contributed by atoms with Gasteiger partial charge in [0.15, 0.2) is 0 Å². The summed E-state index contributed by atoms with van der Waals surface area (Å²) in [5.74, 6) is 0.157. The van der Waals surface area contributed by atoms with Crippen molar-refractivity contribution in [3.05, 3.63) is 30.8 Å². The Balaban J connectivity index is 3.07. The number of carbonyl (C=O) groups excluding carboxylic acids is 1. The molecule has 0 aliphatic rings. The van der Waals surface area contributed by atoms with Gasteiger partial charge in [-0.2, -0.15) is 0 Å². The molecule has 1 rings (SSSR count). The van der Waals surface area contributed by atoms with E-state index in [9.17, 15) is 4.79 Å². The van der Waals surface area contributed by atoms with E-state index in [-0.39, 0.29) is 0 Å². The van der Waals surface area contributed by atoms with E-state index in [4.69, 9.17) is 11.8 Å². The van der Waals surface area contributed by atoms with E-state index in [0.29, 0.717) is 17.0 Å². The Kier molecular flexibility index (Phi) is 3.34. The van der Waals surface area contributed by atoms with Crippen LogP contribution >= 0.6 is 0 Å². The number of anilines is 1. The summed E-state index contributed by atoms with van der Waals surface area (Å²) in [5, 5.41) is 2.43. The minimum absolute atomic E-state index is 0.413. The molecule has 0 bridgehead atoms. The zero-order valence-corrected chi connectivity index (χ0v) is 8.03. The van der Waals surface area contributed by atoms with Crippen LogP contribution < -0.4 is 10.1 Å². The topological polar surface area (TPSA) is 47.6 Å². The first-order valence-electron chi connectivity index (χ1n) is 3.96. The summed E-state index contributed by atoms with van der Waals surface area (Å²) >= 11 is 0. The van der Waals surface area contributed by atoms with Crippen LogP contribution in [0.25, 0.3) is 0 Å². The fourth-order valence-electron chi connectivity index (χ4n) is 1.07. The van der Waals surface area contributed by atoms with Crippen molar-refractivity contribution >= 4 is 11.7 Å². The van der Waals surface area contributed by atoms with E-state index in [0.717, 1.165) is 0 Å². The highest BCUT2D eigenvalue weighted by Gasteiger charge is 2.08. The van der Waals surface area contributed by atoms with Gasteiger partial charge in [0.25, 0.3) is 0 Å². The quantitative estimate of drug-likeness (QED) is 0.584. The Labute approximate surface area is 82.8 Å². The van der Waals surface area contributed by atoms with Crippen LogP contribution in [0.4, 0.5) is 5.69 Å². The first-order valence-corrected chi connectivity index (χ1v) is 3.96. The zero-order valence-electron chi connectivity index (χ0n) is 8.03. The summed E-state index contributed by atoms with van der Waals surface area (Å²) in [6, 6.07) is 4.80. The van der Waals surface area contributed by atoms with Crippen LogP contribution in [-0.4, -0.2) is 20.2 Å². The van der Waals surface area contributed by atoms with Gasteiger partial charge in [-0.1, -0.05) is 0 Å². The van der Waals surface area contributed by atoms with Crippen LogP contribution in [0, 0.1) is 7.05 Å². The van der Waals surface area contributed by atoms with E-state index in [1.54, 1.807) is 18.2 Å². The standard InChI is InChI=1S/C10H11NO3/c1-11-8-6-7(10(12)14-3)4-5-9(8)13-2/h1,4-6,11H,2-3H3. The molecular formula is C10H11NO3. The lowest BCUT2D eigenvalue weighted by Crippen LogP contribution is -2.02. The number of ether oxygens (including phenoxy) is 2. The van der Waals surface area contributed by atoms with Gasteiger partial charge in [0, 0.05) is 0 Å². The first-order chi connectivity index (χ1) is 6.72. The number of methoxy groups -OCH3 is 2. The Bertz CT molecular complexity index is 336. The van der Waals surface area contributed by atoms with Crippen molar-refractivity contribution in [3.8, 4) is 5.75 Å². The van der Waals surface area contributed by atoms with Gasteiger partial charge in [-0.05, 0) is 18.2 Å². The van der Waals surface area contributed by atoms with Crippen molar-refractivity contribution < 1.29 is 14.3 Å². The molecule has 0 fully saturated rings. The van der Waals surface area contributed by atoms with Gasteiger partial charge in [0.2, 0.25) is 0 Å². The number of nitrogens with one attached hydrogen (secondary N) is 1. The third kappa shape index (κ3) is 1.96. The second kappa shape index (κ2) is 4.50. The molecule has 0 aromatic heterocycles. The monoisotopic (exact) mass is 193 g/mol. The van der Waals surface area contributed by atoms with Crippen LogP contribution in [0.5, 0.6) is 5.75 Å². The lowest BCUT2D eigenvalue weighted by atomic mass is 10.2. The summed E-state index contributed by atoms with van der Waals surface area (Å²) in [5.41, 5.74) is 0.955. The maximum atomic E-state index is 11.1. The second-order valence-electron chi connectivity index (χ2n) is 2.55. The molecule has 74 valence electrons. The summed E-state index contributed by atoms with van der Waals surface area (Å²) in [6.45, 7) is 0. The third-order valence-corrected chi connectivity index (χ3v) is 1.78. The van der Waals surface area contributed by atoms with Gasteiger partial charge in [-0.3, -0.25) is 0 Å². The lowest BCUT2D eigenvalue weighted by molar-refractivity contribution is 0.0601. The third-order valence-electron chi connectivity index (χ3n) is 1.78. The SMILES string of the molecule is [CH]Nc1cc(C(=O)OC)ccc1OC. The largest absolute Gasteiger partial charge is 0.495 e. The molecule has 0 atom stereocenters. The molecule has 4 nitrogen and oxygen atoms in total. The average molecular weight is 193 g/mol. The fourth-order valence-corrected chi connectivity index (χ4v) is 1.07. The first kappa shape index (κ1) is 10.4. The minimum atomic E-state index is -0.413. The van der Waals surface area contributed by atoms with Crippen molar-refractivity contribution in [1.29, 1.82) is 0 Å². The summed E-state index contributed by atoms with van der Waals surface area (Å²) in [6.07, 6.45) is 0. The number of hydrogen-bond donors (Lipinski definition) is 1. The Morgan fingerprint density at radius 1 is 1.43 bits per heavy atom. The average Bonchev–Trinajstić information content (AvgIpc) is 2.26. The number of esters is 1. The van der Waals surface area contributed by atoms with Crippen LogP contribution in [0.3, 0.4) is 0 Å². The maximum Gasteiger partial charge on any atom is 0.337 e. The Morgan fingerprint density at radius 3 is 2.64 bits per heavy atom. The molecule has 0 heterocycles. The molecule has 0 saturated carbocycles. The van der Waals surface area contributed by atoms with Gasteiger partial charge in [0.1, 0.15) is 5.75 Å². The van der Waals surface area contributed by atoms with E-state index in [2.05, 4.69) is 10.1 Å².